The zero-order chi connectivity index (χ0) is 19.4. The Labute approximate surface area is 159 Å². The van der Waals surface area contributed by atoms with Crippen molar-refractivity contribution in [3.05, 3.63) is 36.5 Å². The van der Waals surface area contributed by atoms with Crippen LogP contribution < -0.4 is 5.32 Å². The molecule has 0 spiro atoms. The SMILES string of the molecule is CCCNC(=O)c1cn(-c2ccc(S(=O)(=O)N3CCCC(C)C3)cn2)cn1. The van der Waals surface area contributed by atoms with Crippen molar-refractivity contribution >= 4 is 15.9 Å². The monoisotopic (exact) mass is 391 g/mol. The first-order valence-corrected chi connectivity index (χ1v) is 10.6. The predicted molar refractivity (Wildman–Crippen MR) is 101 cm³/mol. The molecule has 2 aromatic heterocycles. The predicted octanol–water partition coefficient (Wildman–Crippen LogP) is 1.83. The third-order valence-corrected chi connectivity index (χ3v) is 6.44. The van der Waals surface area contributed by atoms with E-state index in [-0.39, 0.29) is 10.8 Å². The molecule has 9 heteroatoms. The summed E-state index contributed by atoms with van der Waals surface area (Å²) in [5.41, 5.74) is 0.296. The topological polar surface area (TPSA) is 97.2 Å². The minimum Gasteiger partial charge on any atom is -0.351 e. The van der Waals surface area contributed by atoms with Crippen molar-refractivity contribution in [1.82, 2.24) is 24.2 Å². The van der Waals surface area contributed by atoms with E-state index < -0.39 is 10.0 Å². The van der Waals surface area contributed by atoms with Gasteiger partial charge in [0.15, 0.2) is 0 Å². The maximum Gasteiger partial charge on any atom is 0.271 e. The zero-order valence-corrected chi connectivity index (χ0v) is 16.4. The van der Waals surface area contributed by atoms with E-state index in [1.54, 1.807) is 22.9 Å². The van der Waals surface area contributed by atoms with E-state index in [0.29, 0.717) is 37.1 Å². The van der Waals surface area contributed by atoms with Crippen LogP contribution in [-0.4, -0.2) is 52.8 Å². The van der Waals surface area contributed by atoms with Crippen LogP contribution in [0.15, 0.2) is 35.7 Å². The lowest BCUT2D eigenvalue weighted by Crippen LogP contribution is -2.39. The lowest BCUT2D eigenvalue weighted by atomic mass is 10.0. The van der Waals surface area contributed by atoms with Crippen LogP contribution in [0, 0.1) is 5.92 Å². The van der Waals surface area contributed by atoms with E-state index >= 15 is 0 Å². The Bertz CT molecular complexity index is 892. The Morgan fingerprint density at radius 3 is 2.81 bits per heavy atom. The number of aromatic nitrogens is 3. The van der Waals surface area contributed by atoms with Crippen molar-refractivity contribution in [2.24, 2.45) is 5.92 Å². The fraction of sp³-hybridized carbons (Fsp3) is 0.500. The van der Waals surface area contributed by atoms with E-state index in [2.05, 4.69) is 22.2 Å². The summed E-state index contributed by atoms with van der Waals surface area (Å²) in [7, 11) is -3.53. The van der Waals surface area contributed by atoms with Gasteiger partial charge in [-0.1, -0.05) is 13.8 Å². The second-order valence-electron chi connectivity index (χ2n) is 6.88. The summed E-state index contributed by atoms with van der Waals surface area (Å²) in [5, 5.41) is 2.76. The van der Waals surface area contributed by atoms with Crippen LogP contribution >= 0.6 is 0 Å². The van der Waals surface area contributed by atoms with Crippen LogP contribution in [0.4, 0.5) is 0 Å². The van der Waals surface area contributed by atoms with Crippen molar-refractivity contribution in [3.63, 3.8) is 0 Å². The number of piperidine rings is 1. The molecule has 146 valence electrons. The molecule has 1 N–H and O–H groups in total. The molecule has 0 radical (unpaired) electrons. The van der Waals surface area contributed by atoms with Gasteiger partial charge >= 0.3 is 0 Å². The summed E-state index contributed by atoms with van der Waals surface area (Å²) >= 11 is 0. The summed E-state index contributed by atoms with van der Waals surface area (Å²) in [6, 6.07) is 3.17. The third kappa shape index (κ3) is 4.36. The van der Waals surface area contributed by atoms with Gasteiger partial charge in [-0.05, 0) is 37.3 Å². The molecule has 3 rings (SSSR count). The number of sulfonamides is 1. The molecular formula is C18H25N5O3S. The van der Waals surface area contributed by atoms with Crippen molar-refractivity contribution in [3.8, 4) is 5.82 Å². The third-order valence-electron chi connectivity index (χ3n) is 4.59. The number of nitrogens with zero attached hydrogens (tertiary/aromatic N) is 4. The zero-order valence-electron chi connectivity index (χ0n) is 15.6. The molecule has 0 saturated carbocycles. The summed E-state index contributed by atoms with van der Waals surface area (Å²) in [5.74, 6) is 0.626. The van der Waals surface area contributed by atoms with Crippen LogP contribution in [0.5, 0.6) is 0 Å². The lowest BCUT2D eigenvalue weighted by Gasteiger charge is -2.29. The largest absolute Gasteiger partial charge is 0.351 e. The standard InChI is InChI=1S/C18H25N5O3S/c1-3-8-19-18(24)16-12-22(13-21-16)17-7-6-15(10-20-17)27(25,26)23-9-4-5-14(2)11-23/h6-7,10,12-14H,3-5,8-9,11H2,1-2H3,(H,19,24). The van der Waals surface area contributed by atoms with Gasteiger partial charge in [-0.2, -0.15) is 4.31 Å². The van der Waals surface area contributed by atoms with Crippen molar-refractivity contribution < 1.29 is 13.2 Å². The number of nitrogens with one attached hydrogen (secondary N) is 1. The number of rotatable bonds is 6. The lowest BCUT2D eigenvalue weighted by molar-refractivity contribution is 0.0949. The van der Waals surface area contributed by atoms with Gasteiger partial charge in [-0.3, -0.25) is 9.36 Å². The molecule has 1 amide bonds. The first kappa shape index (κ1) is 19.5. The smallest absolute Gasteiger partial charge is 0.271 e. The number of amides is 1. The summed E-state index contributed by atoms with van der Waals surface area (Å²) in [6.45, 7) is 5.72. The van der Waals surface area contributed by atoms with Gasteiger partial charge in [0.1, 0.15) is 22.7 Å². The van der Waals surface area contributed by atoms with E-state index in [9.17, 15) is 13.2 Å². The number of pyridine rings is 1. The minimum absolute atomic E-state index is 0.182. The molecule has 1 saturated heterocycles. The highest BCUT2D eigenvalue weighted by molar-refractivity contribution is 7.89. The molecule has 2 aromatic rings. The van der Waals surface area contributed by atoms with Gasteiger partial charge in [0.05, 0.1) is 0 Å². The molecular weight excluding hydrogens is 366 g/mol. The molecule has 1 fully saturated rings. The summed E-state index contributed by atoms with van der Waals surface area (Å²) in [4.78, 5) is 20.5. The van der Waals surface area contributed by atoms with Crippen molar-refractivity contribution in [1.29, 1.82) is 0 Å². The average molecular weight is 391 g/mol. The van der Waals surface area contributed by atoms with E-state index in [0.717, 1.165) is 19.3 Å². The van der Waals surface area contributed by atoms with Crippen molar-refractivity contribution in [2.75, 3.05) is 19.6 Å². The quantitative estimate of drug-likeness (QED) is 0.810. The molecule has 0 aromatic carbocycles. The van der Waals surface area contributed by atoms with Gasteiger partial charge in [-0.15, -0.1) is 0 Å². The Kier molecular flexibility index (Phi) is 5.91. The number of hydrogen-bond donors (Lipinski definition) is 1. The number of carbonyl (C=O) groups excluding carboxylic acids is 1. The second-order valence-corrected chi connectivity index (χ2v) is 8.82. The van der Waals surface area contributed by atoms with Gasteiger partial charge < -0.3 is 5.32 Å². The fourth-order valence-corrected chi connectivity index (χ4v) is 4.63. The average Bonchev–Trinajstić information content (AvgIpc) is 3.16. The van der Waals surface area contributed by atoms with Gasteiger partial charge in [0.25, 0.3) is 5.91 Å². The number of imidazole rings is 1. The van der Waals surface area contributed by atoms with Gasteiger partial charge in [0.2, 0.25) is 10.0 Å². The van der Waals surface area contributed by atoms with Crippen LogP contribution in [-0.2, 0) is 10.0 Å². The molecule has 1 atom stereocenters. The number of hydrogen-bond acceptors (Lipinski definition) is 5. The maximum absolute atomic E-state index is 12.8. The molecule has 0 aliphatic carbocycles. The maximum atomic E-state index is 12.8. The summed E-state index contributed by atoms with van der Waals surface area (Å²) < 4.78 is 28.7. The highest BCUT2D eigenvalue weighted by atomic mass is 32.2. The Morgan fingerprint density at radius 1 is 1.33 bits per heavy atom. The fourth-order valence-electron chi connectivity index (χ4n) is 3.09. The second kappa shape index (κ2) is 8.18. The van der Waals surface area contributed by atoms with Gasteiger partial charge in [-0.25, -0.2) is 18.4 Å². The molecule has 3 heterocycles. The Balaban J connectivity index is 1.75. The molecule has 1 aliphatic heterocycles. The normalized spacial score (nSPS) is 18.4. The van der Waals surface area contributed by atoms with Crippen LogP contribution in [0.1, 0.15) is 43.6 Å². The van der Waals surface area contributed by atoms with E-state index in [1.165, 1.54) is 16.8 Å². The highest BCUT2D eigenvalue weighted by Gasteiger charge is 2.28. The van der Waals surface area contributed by atoms with Crippen LogP contribution in [0.2, 0.25) is 0 Å². The molecule has 1 aliphatic rings. The van der Waals surface area contributed by atoms with Crippen LogP contribution in [0.3, 0.4) is 0 Å². The minimum atomic E-state index is -3.53. The molecule has 0 bridgehead atoms. The molecule has 1 unspecified atom stereocenters. The number of carbonyl (C=O) groups is 1. The van der Waals surface area contributed by atoms with Crippen molar-refractivity contribution in [2.45, 2.75) is 38.0 Å². The van der Waals surface area contributed by atoms with Gasteiger partial charge in [0, 0.05) is 32.0 Å². The van der Waals surface area contributed by atoms with E-state index in [1.807, 2.05) is 6.92 Å². The molecule has 8 nitrogen and oxygen atoms in total. The first-order chi connectivity index (χ1) is 12.9. The van der Waals surface area contributed by atoms with Crippen LogP contribution in [0.25, 0.3) is 5.82 Å². The Hall–Kier alpha value is -2.26. The summed E-state index contributed by atoms with van der Waals surface area (Å²) in [6.07, 6.45) is 7.21. The highest BCUT2D eigenvalue weighted by Crippen LogP contribution is 2.23. The Morgan fingerprint density at radius 2 is 2.15 bits per heavy atom. The molecule has 27 heavy (non-hydrogen) atoms. The first-order valence-electron chi connectivity index (χ1n) is 9.20. The van der Waals surface area contributed by atoms with E-state index in [4.69, 9.17) is 0 Å².